The van der Waals surface area contributed by atoms with Crippen molar-refractivity contribution in [2.45, 2.75) is 66.0 Å². The molecule has 0 aromatic rings. The van der Waals surface area contributed by atoms with E-state index < -0.39 is 0 Å². The Hall–Kier alpha value is -0.0400. The van der Waals surface area contributed by atoms with E-state index in [-0.39, 0.29) is 0 Å². The molecule has 0 saturated carbocycles. The fourth-order valence-corrected chi connectivity index (χ4v) is 2.94. The molecule has 1 aliphatic rings. The maximum Gasteiger partial charge on any atom is 0.00722 e. The molecule has 84 valence electrons. The summed E-state index contributed by atoms with van der Waals surface area (Å²) in [6.45, 7) is 13.0. The maximum atomic E-state index is 2.65. The molecule has 1 fully saturated rings. The topological polar surface area (TPSA) is 3.24 Å². The van der Waals surface area contributed by atoms with Crippen LogP contribution in [0.25, 0.3) is 0 Å². The highest BCUT2D eigenvalue weighted by Gasteiger charge is 2.26. The van der Waals surface area contributed by atoms with E-state index in [0.29, 0.717) is 0 Å². The monoisotopic (exact) mass is 197 g/mol. The van der Waals surface area contributed by atoms with Crippen LogP contribution in [-0.2, 0) is 0 Å². The fraction of sp³-hybridized carbons (Fsp3) is 1.00. The Labute approximate surface area is 89.9 Å². The van der Waals surface area contributed by atoms with Crippen LogP contribution in [0, 0.1) is 11.8 Å². The van der Waals surface area contributed by atoms with Crippen LogP contribution < -0.4 is 0 Å². The second-order valence-corrected chi connectivity index (χ2v) is 5.70. The molecule has 1 saturated heterocycles. The molecular weight excluding hydrogens is 170 g/mol. The molecule has 0 bridgehead atoms. The van der Waals surface area contributed by atoms with Crippen LogP contribution >= 0.6 is 0 Å². The van der Waals surface area contributed by atoms with Crippen LogP contribution in [0.1, 0.15) is 53.9 Å². The minimum atomic E-state index is 0.727. The second-order valence-electron chi connectivity index (χ2n) is 5.70. The third kappa shape index (κ3) is 3.27. The third-order valence-corrected chi connectivity index (χ3v) is 3.50. The average Bonchev–Trinajstić information content (AvgIpc) is 2.01. The zero-order valence-corrected chi connectivity index (χ0v) is 10.6. The molecular formula is C13H27N. The summed E-state index contributed by atoms with van der Waals surface area (Å²) in [5, 5.41) is 0. The first-order chi connectivity index (χ1) is 6.50. The Morgan fingerprint density at radius 2 is 1.86 bits per heavy atom. The number of rotatable bonds is 3. The van der Waals surface area contributed by atoms with E-state index in [2.05, 4.69) is 39.5 Å². The van der Waals surface area contributed by atoms with Crippen molar-refractivity contribution in [2.24, 2.45) is 11.8 Å². The van der Waals surface area contributed by atoms with E-state index in [1.165, 1.54) is 25.8 Å². The fourth-order valence-electron chi connectivity index (χ4n) is 2.94. The highest BCUT2D eigenvalue weighted by atomic mass is 15.2. The average molecular weight is 197 g/mol. The Morgan fingerprint density at radius 3 is 2.29 bits per heavy atom. The highest BCUT2D eigenvalue weighted by Crippen LogP contribution is 2.28. The molecule has 0 aliphatic carbocycles. The van der Waals surface area contributed by atoms with Gasteiger partial charge < -0.3 is 0 Å². The van der Waals surface area contributed by atoms with Gasteiger partial charge in [-0.05, 0) is 58.4 Å². The van der Waals surface area contributed by atoms with Crippen LogP contribution in [0.15, 0.2) is 0 Å². The van der Waals surface area contributed by atoms with Crippen molar-refractivity contribution in [3.8, 4) is 0 Å². The normalized spacial score (nSPS) is 30.2. The molecule has 0 aromatic carbocycles. The molecule has 0 N–H and O–H groups in total. The van der Waals surface area contributed by atoms with Crippen molar-refractivity contribution >= 4 is 0 Å². The van der Waals surface area contributed by atoms with Crippen molar-refractivity contribution in [2.75, 3.05) is 6.54 Å². The van der Waals surface area contributed by atoms with E-state index in [1.807, 2.05) is 0 Å². The Kier molecular flexibility index (Phi) is 4.43. The van der Waals surface area contributed by atoms with Gasteiger partial charge in [0.1, 0.15) is 0 Å². The standard InChI is InChI=1S/C13H27N/c1-10(2)8-13-6-7-14(11(3)4)12(5)9-13/h10-13H,6-9H2,1-5H3. The summed E-state index contributed by atoms with van der Waals surface area (Å²) in [6, 6.07) is 1.53. The number of hydrogen-bond acceptors (Lipinski definition) is 1. The van der Waals surface area contributed by atoms with Gasteiger partial charge in [-0.3, -0.25) is 4.90 Å². The van der Waals surface area contributed by atoms with E-state index in [1.54, 1.807) is 0 Å². The number of piperidine rings is 1. The summed E-state index contributed by atoms with van der Waals surface area (Å²) >= 11 is 0. The first kappa shape index (κ1) is 12.0. The van der Waals surface area contributed by atoms with Gasteiger partial charge in [0.2, 0.25) is 0 Å². The molecule has 0 radical (unpaired) electrons. The van der Waals surface area contributed by atoms with E-state index >= 15 is 0 Å². The molecule has 0 aromatic heterocycles. The van der Waals surface area contributed by atoms with Gasteiger partial charge >= 0.3 is 0 Å². The van der Waals surface area contributed by atoms with E-state index in [0.717, 1.165) is 23.9 Å². The predicted molar refractivity (Wildman–Crippen MR) is 63.5 cm³/mol. The molecule has 1 aliphatic heterocycles. The van der Waals surface area contributed by atoms with Gasteiger partial charge in [0.05, 0.1) is 0 Å². The predicted octanol–water partition coefficient (Wildman–Crippen LogP) is 3.54. The summed E-state index contributed by atoms with van der Waals surface area (Å²) in [6.07, 6.45) is 4.26. The van der Waals surface area contributed by atoms with Crippen LogP contribution in [0.3, 0.4) is 0 Å². The van der Waals surface area contributed by atoms with Crippen LogP contribution in [-0.4, -0.2) is 23.5 Å². The van der Waals surface area contributed by atoms with Crippen molar-refractivity contribution < 1.29 is 0 Å². The zero-order valence-electron chi connectivity index (χ0n) is 10.6. The summed E-state index contributed by atoms with van der Waals surface area (Å²) in [5.41, 5.74) is 0. The van der Waals surface area contributed by atoms with Crippen LogP contribution in [0.4, 0.5) is 0 Å². The molecule has 1 nitrogen and oxygen atoms in total. The molecule has 0 spiro atoms. The van der Waals surface area contributed by atoms with Gasteiger partial charge in [-0.15, -0.1) is 0 Å². The second kappa shape index (κ2) is 5.16. The van der Waals surface area contributed by atoms with Crippen molar-refractivity contribution in [3.63, 3.8) is 0 Å². The molecule has 1 rings (SSSR count). The minimum absolute atomic E-state index is 0.727. The Morgan fingerprint density at radius 1 is 1.21 bits per heavy atom. The third-order valence-electron chi connectivity index (χ3n) is 3.50. The lowest BCUT2D eigenvalue weighted by atomic mass is 9.85. The van der Waals surface area contributed by atoms with Crippen LogP contribution in [0.5, 0.6) is 0 Å². The quantitative estimate of drug-likeness (QED) is 0.669. The lowest BCUT2D eigenvalue weighted by molar-refractivity contribution is 0.0849. The van der Waals surface area contributed by atoms with E-state index in [4.69, 9.17) is 0 Å². The minimum Gasteiger partial charge on any atom is -0.298 e. The van der Waals surface area contributed by atoms with Crippen molar-refractivity contribution in [1.82, 2.24) is 4.90 Å². The first-order valence-corrected chi connectivity index (χ1v) is 6.26. The van der Waals surface area contributed by atoms with E-state index in [9.17, 15) is 0 Å². The first-order valence-electron chi connectivity index (χ1n) is 6.26. The van der Waals surface area contributed by atoms with Gasteiger partial charge in [0, 0.05) is 12.1 Å². The van der Waals surface area contributed by atoms with Gasteiger partial charge in [-0.25, -0.2) is 0 Å². The SMILES string of the molecule is CC(C)CC1CCN(C(C)C)C(C)C1. The van der Waals surface area contributed by atoms with Gasteiger partial charge in [-0.1, -0.05) is 13.8 Å². The van der Waals surface area contributed by atoms with Gasteiger partial charge in [0.25, 0.3) is 0 Å². The van der Waals surface area contributed by atoms with Crippen LogP contribution in [0.2, 0.25) is 0 Å². The molecule has 1 heteroatoms. The molecule has 2 unspecified atom stereocenters. The maximum absolute atomic E-state index is 2.65. The summed E-state index contributed by atoms with van der Waals surface area (Å²) in [7, 11) is 0. The Bertz CT molecular complexity index is 163. The van der Waals surface area contributed by atoms with Crippen molar-refractivity contribution in [3.05, 3.63) is 0 Å². The van der Waals surface area contributed by atoms with Crippen molar-refractivity contribution in [1.29, 1.82) is 0 Å². The molecule has 1 heterocycles. The molecule has 0 amide bonds. The number of nitrogens with zero attached hydrogens (tertiary/aromatic N) is 1. The summed E-state index contributed by atoms with van der Waals surface area (Å²) in [5.74, 6) is 1.86. The number of likely N-dealkylation sites (tertiary alicyclic amines) is 1. The summed E-state index contributed by atoms with van der Waals surface area (Å²) < 4.78 is 0. The highest BCUT2D eigenvalue weighted by molar-refractivity contribution is 4.81. The smallest absolute Gasteiger partial charge is 0.00722 e. The molecule has 2 atom stereocenters. The Balaban J connectivity index is 2.39. The summed E-state index contributed by atoms with van der Waals surface area (Å²) in [4.78, 5) is 2.65. The lowest BCUT2D eigenvalue weighted by Crippen LogP contribution is -2.44. The zero-order chi connectivity index (χ0) is 10.7. The van der Waals surface area contributed by atoms with Gasteiger partial charge in [0.15, 0.2) is 0 Å². The number of hydrogen-bond donors (Lipinski definition) is 0. The molecule has 14 heavy (non-hydrogen) atoms. The largest absolute Gasteiger partial charge is 0.298 e. The lowest BCUT2D eigenvalue weighted by Gasteiger charge is -2.40. The van der Waals surface area contributed by atoms with Gasteiger partial charge in [-0.2, -0.15) is 0 Å².